The average Bonchev–Trinajstić information content (AvgIpc) is 2.36. The zero-order valence-electron chi connectivity index (χ0n) is 7.62. The van der Waals surface area contributed by atoms with E-state index in [4.69, 9.17) is 0 Å². The maximum Gasteiger partial charge on any atom is 0.146 e. The van der Waals surface area contributed by atoms with E-state index in [1.165, 1.54) is 6.07 Å². The molecule has 1 aliphatic rings. The lowest BCUT2D eigenvalue weighted by Gasteiger charge is -2.17. The molecule has 0 unspecified atom stereocenters. The Bertz CT molecular complexity index is 358. The summed E-state index contributed by atoms with van der Waals surface area (Å²) in [5.74, 6) is -0.701. The van der Waals surface area contributed by atoms with Gasteiger partial charge in [-0.1, -0.05) is 13.8 Å². The van der Waals surface area contributed by atoms with Gasteiger partial charge in [0.25, 0.3) is 0 Å². The topological polar surface area (TPSA) is 12.0 Å². The minimum absolute atomic E-state index is 0.318. The molecule has 2 rings (SSSR count). The first kappa shape index (κ1) is 8.48. The minimum Gasteiger partial charge on any atom is -0.381 e. The summed E-state index contributed by atoms with van der Waals surface area (Å²) in [5.41, 5.74) is 0.471. The molecule has 70 valence electrons. The molecule has 0 aromatic heterocycles. The maximum atomic E-state index is 13.4. The standard InChI is InChI=1S/C10H11F2N/c1-10(2)5-13-9-7(12)4-3-6(11)8(9)10/h3-4,13H,5H2,1-2H3. The van der Waals surface area contributed by atoms with Crippen LogP contribution in [-0.4, -0.2) is 6.54 Å². The third kappa shape index (κ3) is 1.10. The van der Waals surface area contributed by atoms with Crippen molar-refractivity contribution in [3.8, 4) is 0 Å². The van der Waals surface area contributed by atoms with E-state index < -0.39 is 0 Å². The summed E-state index contributed by atoms with van der Waals surface area (Å²) in [4.78, 5) is 0. The van der Waals surface area contributed by atoms with Crippen LogP contribution in [-0.2, 0) is 5.41 Å². The Kier molecular flexibility index (Phi) is 1.59. The Labute approximate surface area is 75.8 Å². The predicted octanol–water partition coefficient (Wildman–Crippen LogP) is 2.67. The first-order chi connectivity index (χ1) is 6.02. The van der Waals surface area contributed by atoms with Gasteiger partial charge in [0.15, 0.2) is 0 Å². The van der Waals surface area contributed by atoms with Crippen LogP contribution in [0.3, 0.4) is 0 Å². The van der Waals surface area contributed by atoms with Crippen molar-refractivity contribution in [2.45, 2.75) is 19.3 Å². The second-order valence-corrected chi connectivity index (χ2v) is 4.02. The molecular weight excluding hydrogens is 172 g/mol. The van der Waals surface area contributed by atoms with Gasteiger partial charge < -0.3 is 5.32 Å². The average molecular weight is 183 g/mol. The molecule has 13 heavy (non-hydrogen) atoms. The second kappa shape index (κ2) is 2.44. The van der Waals surface area contributed by atoms with Gasteiger partial charge in [0.1, 0.15) is 11.6 Å². The fourth-order valence-corrected chi connectivity index (χ4v) is 1.78. The summed E-state index contributed by atoms with van der Waals surface area (Å²) in [6.07, 6.45) is 0. The van der Waals surface area contributed by atoms with Crippen molar-refractivity contribution in [3.63, 3.8) is 0 Å². The highest BCUT2D eigenvalue weighted by molar-refractivity contribution is 5.61. The Morgan fingerprint density at radius 1 is 1.23 bits per heavy atom. The lowest BCUT2D eigenvalue weighted by atomic mass is 9.86. The summed E-state index contributed by atoms with van der Waals surface area (Å²) in [5, 5.41) is 2.88. The Balaban J connectivity index is 2.70. The number of rotatable bonds is 0. The van der Waals surface area contributed by atoms with E-state index in [1.807, 2.05) is 13.8 Å². The van der Waals surface area contributed by atoms with Gasteiger partial charge in [0, 0.05) is 17.5 Å². The minimum atomic E-state index is -0.373. The van der Waals surface area contributed by atoms with Gasteiger partial charge in [-0.3, -0.25) is 0 Å². The third-order valence-corrected chi connectivity index (χ3v) is 2.49. The summed E-state index contributed by atoms with van der Waals surface area (Å²) in [6, 6.07) is 2.34. The Morgan fingerprint density at radius 3 is 2.46 bits per heavy atom. The van der Waals surface area contributed by atoms with Crippen LogP contribution < -0.4 is 5.32 Å². The van der Waals surface area contributed by atoms with Crippen molar-refractivity contribution in [2.75, 3.05) is 11.9 Å². The molecule has 0 saturated heterocycles. The lowest BCUT2D eigenvalue weighted by Crippen LogP contribution is -2.20. The smallest absolute Gasteiger partial charge is 0.146 e. The van der Waals surface area contributed by atoms with E-state index in [0.717, 1.165) is 6.07 Å². The van der Waals surface area contributed by atoms with Crippen molar-refractivity contribution in [1.82, 2.24) is 0 Å². The molecule has 1 N–H and O–H groups in total. The van der Waals surface area contributed by atoms with E-state index >= 15 is 0 Å². The summed E-state index contributed by atoms with van der Waals surface area (Å²) in [7, 11) is 0. The van der Waals surface area contributed by atoms with Crippen LogP contribution in [0.4, 0.5) is 14.5 Å². The highest BCUT2D eigenvalue weighted by Gasteiger charge is 2.34. The fourth-order valence-electron chi connectivity index (χ4n) is 1.78. The third-order valence-electron chi connectivity index (χ3n) is 2.49. The molecule has 0 amide bonds. The largest absolute Gasteiger partial charge is 0.381 e. The van der Waals surface area contributed by atoms with Gasteiger partial charge in [-0.05, 0) is 12.1 Å². The SMILES string of the molecule is CC1(C)CNc2c(F)ccc(F)c21. The monoisotopic (exact) mass is 183 g/mol. The van der Waals surface area contributed by atoms with Crippen molar-refractivity contribution >= 4 is 5.69 Å². The molecule has 0 bridgehead atoms. The molecule has 1 aliphatic heterocycles. The molecule has 0 fully saturated rings. The number of hydrogen-bond donors (Lipinski definition) is 1. The number of benzene rings is 1. The first-order valence-electron chi connectivity index (χ1n) is 4.25. The van der Waals surface area contributed by atoms with Crippen LogP contribution in [0.15, 0.2) is 12.1 Å². The highest BCUT2D eigenvalue weighted by atomic mass is 19.1. The van der Waals surface area contributed by atoms with Crippen LogP contribution in [0, 0.1) is 11.6 Å². The molecule has 1 nitrogen and oxygen atoms in total. The van der Waals surface area contributed by atoms with E-state index in [1.54, 1.807) is 0 Å². The van der Waals surface area contributed by atoms with Crippen molar-refractivity contribution < 1.29 is 8.78 Å². The highest BCUT2D eigenvalue weighted by Crippen LogP contribution is 2.39. The maximum absolute atomic E-state index is 13.4. The van der Waals surface area contributed by atoms with Gasteiger partial charge >= 0.3 is 0 Å². The van der Waals surface area contributed by atoms with E-state index in [2.05, 4.69) is 5.32 Å². The molecule has 1 aromatic carbocycles. The molecule has 1 heterocycles. The van der Waals surface area contributed by atoms with Gasteiger partial charge in [-0.15, -0.1) is 0 Å². The molecular formula is C10H11F2N. The first-order valence-corrected chi connectivity index (χ1v) is 4.25. The van der Waals surface area contributed by atoms with Gasteiger partial charge in [-0.2, -0.15) is 0 Å². The van der Waals surface area contributed by atoms with Crippen molar-refractivity contribution in [3.05, 3.63) is 29.3 Å². The lowest BCUT2D eigenvalue weighted by molar-refractivity contribution is 0.523. The Morgan fingerprint density at radius 2 is 1.85 bits per heavy atom. The second-order valence-electron chi connectivity index (χ2n) is 4.02. The fraction of sp³-hybridized carbons (Fsp3) is 0.400. The van der Waals surface area contributed by atoms with Gasteiger partial charge in [0.2, 0.25) is 0 Å². The van der Waals surface area contributed by atoms with Gasteiger partial charge in [0.05, 0.1) is 5.69 Å². The molecule has 0 atom stereocenters. The molecule has 0 radical (unpaired) electrons. The zero-order valence-corrected chi connectivity index (χ0v) is 7.62. The summed E-state index contributed by atoms with van der Waals surface area (Å²) in [6.45, 7) is 4.38. The van der Waals surface area contributed by atoms with Crippen molar-refractivity contribution in [2.24, 2.45) is 0 Å². The number of nitrogens with one attached hydrogen (secondary N) is 1. The van der Waals surface area contributed by atoms with E-state index in [0.29, 0.717) is 17.8 Å². The number of hydrogen-bond acceptors (Lipinski definition) is 1. The molecule has 0 saturated carbocycles. The number of anilines is 1. The quantitative estimate of drug-likeness (QED) is 0.652. The van der Waals surface area contributed by atoms with Gasteiger partial charge in [-0.25, -0.2) is 8.78 Å². The summed E-state index contributed by atoms with van der Waals surface area (Å²) >= 11 is 0. The number of halogens is 2. The predicted molar refractivity (Wildman–Crippen MR) is 47.9 cm³/mol. The van der Waals surface area contributed by atoms with Crippen LogP contribution in [0.25, 0.3) is 0 Å². The van der Waals surface area contributed by atoms with Crippen LogP contribution in [0.1, 0.15) is 19.4 Å². The molecule has 0 spiro atoms. The Hall–Kier alpha value is -1.12. The van der Waals surface area contributed by atoms with Crippen LogP contribution in [0.5, 0.6) is 0 Å². The van der Waals surface area contributed by atoms with Crippen LogP contribution >= 0.6 is 0 Å². The van der Waals surface area contributed by atoms with E-state index in [9.17, 15) is 8.78 Å². The summed E-state index contributed by atoms with van der Waals surface area (Å²) < 4.78 is 26.5. The molecule has 0 aliphatic carbocycles. The molecule has 1 aromatic rings. The van der Waals surface area contributed by atoms with Crippen molar-refractivity contribution in [1.29, 1.82) is 0 Å². The van der Waals surface area contributed by atoms with E-state index in [-0.39, 0.29) is 17.0 Å². The number of fused-ring (bicyclic) bond motifs is 1. The normalized spacial score (nSPS) is 18.2. The van der Waals surface area contributed by atoms with Crippen LogP contribution in [0.2, 0.25) is 0 Å². The molecule has 3 heteroatoms. The zero-order chi connectivity index (χ0) is 9.64.